The van der Waals surface area contributed by atoms with Crippen molar-refractivity contribution in [2.24, 2.45) is 5.92 Å². The van der Waals surface area contributed by atoms with Gasteiger partial charge in [0.15, 0.2) is 5.65 Å². The molecule has 4 aromatic rings. The van der Waals surface area contributed by atoms with Crippen LogP contribution >= 0.6 is 15.9 Å². The molecule has 1 N–H and O–H groups in total. The van der Waals surface area contributed by atoms with E-state index in [0.717, 1.165) is 41.2 Å². The fourth-order valence-corrected chi connectivity index (χ4v) is 5.55. The second kappa shape index (κ2) is 9.16. The zero-order valence-corrected chi connectivity index (χ0v) is 21.0. The molecule has 1 aromatic carbocycles. The van der Waals surface area contributed by atoms with E-state index in [4.69, 9.17) is 9.72 Å². The zero-order chi connectivity index (χ0) is 23.9. The second-order valence-corrected chi connectivity index (χ2v) is 10.1. The van der Waals surface area contributed by atoms with Crippen LogP contribution in [0.15, 0.2) is 47.3 Å². The Morgan fingerprint density at radius 3 is 3.03 bits per heavy atom. The molecule has 180 valence electrons. The zero-order valence-electron chi connectivity index (χ0n) is 19.4. The molecule has 2 aliphatic rings. The molecule has 9 nitrogen and oxygen atoms in total. The van der Waals surface area contributed by atoms with Crippen LogP contribution in [0.5, 0.6) is 0 Å². The van der Waals surface area contributed by atoms with Gasteiger partial charge in [-0.2, -0.15) is 10.1 Å². The molecule has 1 aliphatic carbocycles. The Hall–Kier alpha value is -3.11. The predicted molar refractivity (Wildman–Crippen MR) is 136 cm³/mol. The van der Waals surface area contributed by atoms with Crippen LogP contribution < -0.4 is 5.32 Å². The van der Waals surface area contributed by atoms with Gasteiger partial charge in [0.05, 0.1) is 29.3 Å². The number of ether oxygens (including phenoxy) is 1. The summed E-state index contributed by atoms with van der Waals surface area (Å²) in [5, 5.41) is 9.99. The van der Waals surface area contributed by atoms with Crippen molar-refractivity contribution in [3.05, 3.63) is 47.3 Å². The number of pyridine rings is 1. The normalized spacial score (nSPS) is 22.7. The van der Waals surface area contributed by atoms with E-state index in [1.165, 1.54) is 0 Å². The first-order chi connectivity index (χ1) is 17.0. The first kappa shape index (κ1) is 22.4. The second-order valence-electron chi connectivity index (χ2n) is 9.33. The summed E-state index contributed by atoms with van der Waals surface area (Å²) in [6.45, 7) is 3.99. The van der Waals surface area contributed by atoms with Gasteiger partial charge in [0.1, 0.15) is 4.60 Å². The highest BCUT2D eigenvalue weighted by Crippen LogP contribution is 2.31. The molecule has 0 radical (unpaired) electrons. The number of nitrogens with one attached hydrogen (secondary N) is 1. The van der Waals surface area contributed by atoms with Gasteiger partial charge < -0.3 is 15.0 Å². The number of carbonyl (C=O) groups is 1. The summed E-state index contributed by atoms with van der Waals surface area (Å²) < 4.78 is 8.09. The van der Waals surface area contributed by atoms with Gasteiger partial charge in [0.25, 0.3) is 0 Å². The van der Waals surface area contributed by atoms with Gasteiger partial charge in [-0.25, -0.2) is 9.67 Å². The fourth-order valence-electron chi connectivity index (χ4n) is 5.11. The lowest BCUT2D eigenvalue weighted by Crippen LogP contribution is -2.46. The van der Waals surface area contributed by atoms with E-state index in [1.807, 2.05) is 40.8 Å². The van der Waals surface area contributed by atoms with Gasteiger partial charge in [-0.3, -0.25) is 9.78 Å². The van der Waals surface area contributed by atoms with Gasteiger partial charge in [-0.15, -0.1) is 0 Å². The van der Waals surface area contributed by atoms with Crippen molar-refractivity contribution < 1.29 is 9.53 Å². The molecule has 0 bridgehead atoms. The topological polar surface area (TPSA) is 98.1 Å². The molecular weight excluding hydrogens is 510 g/mol. The van der Waals surface area contributed by atoms with Crippen LogP contribution in [0.1, 0.15) is 26.2 Å². The first-order valence-electron chi connectivity index (χ1n) is 12.0. The Morgan fingerprint density at radius 1 is 1.23 bits per heavy atom. The van der Waals surface area contributed by atoms with Crippen LogP contribution in [0.2, 0.25) is 0 Å². The highest BCUT2D eigenvalue weighted by Gasteiger charge is 2.34. The van der Waals surface area contributed by atoms with E-state index in [-0.39, 0.29) is 24.0 Å². The van der Waals surface area contributed by atoms with Crippen LogP contribution in [0, 0.1) is 5.92 Å². The van der Waals surface area contributed by atoms with E-state index >= 15 is 0 Å². The minimum Gasteiger partial charge on any atom is -0.375 e. The fraction of sp³-hybridized carbons (Fsp3) is 0.400. The molecule has 10 heteroatoms. The SMILES string of the molecule is C[C@H]1CN(C(=O)[C@@H]2CC[C@@H](Nc3ncc4c(Br)nn(-c5ccc6ncccc6c5)c4n3)C2)CCO1. The van der Waals surface area contributed by atoms with Gasteiger partial charge in [-0.05, 0) is 66.4 Å². The molecule has 0 unspecified atom stereocenters. The Morgan fingerprint density at radius 2 is 2.14 bits per heavy atom. The molecule has 0 spiro atoms. The number of rotatable bonds is 4. The molecule has 4 heterocycles. The lowest BCUT2D eigenvalue weighted by Gasteiger charge is -2.33. The first-order valence-corrected chi connectivity index (χ1v) is 12.8. The van der Waals surface area contributed by atoms with Crippen molar-refractivity contribution in [1.29, 1.82) is 0 Å². The van der Waals surface area contributed by atoms with Gasteiger partial charge in [0.2, 0.25) is 11.9 Å². The van der Waals surface area contributed by atoms with Gasteiger partial charge >= 0.3 is 0 Å². The predicted octanol–water partition coefficient (Wildman–Crippen LogP) is 3.95. The molecule has 35 heavy (non-hydrogen) atoms. The highest BCUT2D eigenvalue weighted by atomic mass is 79.9. The van der Waals surface area contributed by atoms with E-state index in [1.54, 1.807) is 12.4 Å². The summed E-state index contributed by atoms with van der Waals surface area (Å²) in [6, 6.07) is 10.1. The number of carbonyl (C=O) groups excluding carboxylic acids is 1. The van der Waals surface area contributed by atoms with Crippen molar-refractivity contribution in [3.8, 4) is 5.69 Å². The lowest BCUT2D eigenvalue weighted by molar-refractivity contribution is -0.142. The summed E-state index contributed by atoms with van der Waals surface area (Å²) in [7, 11) is 0. The molecule has 1 saturated heterocycles. The summed E-state index contributed by atoms with van der Waals surface area (Å²) in [5.41, 5.74) is 2.54. The summed E-state index contributed by atoms with van der Waals surface area (Å²) in [4.78, 5) is 28.7. The van der Waals surface area contributed by atoms with E-state index in [2.05, 4.69) is 42.4 Å². The van der Waals surface area contributed by atoms with E-state index < -0.39 is 0 Å². The van der Waals surface area contributed by atoms with Crippen molar-refractivity contribution in [3.63, 3.8) is 0 Å². The number of aromatic nitrogens is 5. The number of amides is 1. The van der Waals surface area contributed by atoms with E-state index in [0.29, 0.717) is 35.9 Å². The minimum atomic E-state index is 0.0346. The summed E-state index contributed by atoms with van der Waals surface area (Å²) in [6.07, 6.45) is 6.25. The Balaban J connectivity index is 1.22. The van der Waals surface area contributed by atoms with Crippen molar-refractivity contribution >= 4 is 49.7 Å². The maximum Gasteiger partial charge on any atom is 0.225 e. The van der Waals surface area contributed by atoms with Crippen molar-refractivity contribution in [1.82, 2.24) is 29.6 Å². The molecule has 3 aromatic heterocycles. The maximum atomic E-state index is 13.0. The number of anilines is 1. The number of fused-ring (bicyclic) bond motifs is 2. The summed E-state index contributed by atoms with van der Waals surface area (Å²) >= 11 is 3.55. The Kier molecular flexibility index (Phi) is 5.85. The number of hydrogen-bond acceptors (Lipinski definition) is 7. The molecule has 3 atom stereocenters. The average Bonchev–Trinajstić information content (AvgIpc) is 3.47. The number of benzene rings is 1. The molecule has 2 fully saturated rings. The highest BCUT2D eigenvalue weighted by molar-refractivity contribution is 9.10. The Bertz CT molecular complexity index is 1410. The number of morpholine rings is 1. The number of hydrogen-bond donors (Lipinski definition) is 1. The molecule has 1 amide bonds. The van der Waals surface area contributed by atoms with Gasteiger partial charge in [-0.1, -0.05) is 6.07 Å². The molecule has 1 aliphatic heterocycles. The number of nitrogens with zero attached hydrogens (tertiary/aromatic N) is 6. The number of halogens is 1. The quantitative estimate of drug-likeness (QED) is 0.422. The minimum absolute atomic E-state index is 0.0346. The third-order valence-electron chi connectivity index (χ3n) is 6.88. The van der Waals surface area contributed by atoms with Crippen molar-refractivity contribution in [2.75, 3.05) is 25.0 Å². The molecule has 1 saturated carbocycles. The van der Waals surface area contributed by atoms with Crippen molar-refractivity contribution in [2.45, 2.75) is 38.3 Å². The molecule has 6 rings (SSSR count). The van der Waals surface area contributed by atoms with Crippen LogP contribution in [-0.2, 0) is 9.53 Å². The van der Waals surface area contributed by atoms with Gasteiger partial charge in [0, 0.05) is 42.8 Å². The summed E-state index contributed by atoms with van der Waals surface area (Å²) in [5.74, 6) is 0.827. The van der Waals surface area contributed by atoms with Crippen LogP contribution in [-0.4, -0.2) is 67.4 Å². The van der Waals surface area contributed by atoms with Crippen LogP contribution in [0.3, 0.4) is 0 Å². The monoisotopic (exact) mass is 535 g/mol. The van der Waals surface area contributed by atoms with Crippen LogP contribution in [0.25, 0.3) is 27.6 Å². The third kappa shape index (κ3) is 4.36. The third-order valence-corrected chi connectivity index (χ3v) is 7.46. The van der Waals surface area contributed by atoms with Crippen LogP contribution in [0.4, 0.5) is 5.95 Å². The van der Waals surface area contributed by atoms with E-state index in [9.17, 15) is 4.79 Å². The average molecular weight is 536 g/mol. The smallest absolute Gasteiger partial charge is 0.225 e. The maximum absolute atomic E-state index is 13.0. The lowest BCUT2D eigenvalue weighted by atomic mass is 10.1. The Labute approximate surface area is 211 Å². The largest absolute Gasteiger partial charge is 0.375 e. The molecular formula is C25H26BrN7O2. The standard InChI is InChI=1S/C25H26BrN7O2/c1-15-14-32(9-10-35-15)24(34)17-4-5-18(11-17)29-25-28-13-20-22(26)31-33(23(20)30-25)19-6-7-21-16(12-19)3-2-8-27-21/h2-3,6-8,12-13,15,17-18H,4-5,9-11,14H2,1H3,(H,28,29,30)/t15-,17+,18+/m0/s1.